The van der Waals surface area contributed by atoms with Crippen LogP contribution in [0.5, 0.6) is 0 Å². The maximum atomic E-state index is 12.2. The first-order valence-electron chi connectivity index (χ1n) is 6.64. The summed E-state index contributed by atoms with van der Waals surface area (Å²) < 4.78 is 5.47. The van der Waals surface area contributed by atoms with E-state index < -0.39 is 0 Å². The number of ketones is 1. The zero-order valence-corrected chi connectivity index (χ0v) is 12.2. The summed E-state index contributed by atoms with van der Waals surface area (Å²) in [6, 6.07) is 7.22. The average molecular weight is 282 g/mol. The summed E-state index contributed by atoms with van der Waals surface area (Å²) in [7, 11) is 1.74. The Labute approximate surface area is 119 Å². The molecule has 0 amide bonds. The molecule has 1 aromatic rings. The van der Waals surface area contributed by atoms with E-state index in [-0.39, 0.29) is 11.9 Å². The molecule has 1 aliphatic rings. The number of carbonyl (C=O) groups excluding carboxylic acids is 1. The van der Waals surface area contributed by atoms with Gasteiger partial charge in [0, 0.05) is 19.2 Å². The Morgan fingerprint density at radius 2 is 2.21 bits per heavy atom. The molecule has 3 nitrogen and oxygen atoms in total. The first-order chi connectivity index (χ1) is 9.11. The molecule has 0 spiro atoms. The van der Waals surface area contributed by atoms with Gasteiger partial charge in [-0.15, -0.1) is 0 Å². The summed E-state index contributed by atoms with van der Waals surface area (Å²) in [5.74, 6) is 0.631. The van der Waals surface area contributed by atoms with Crippen molar-refractivity contribution in [2.75, 3.05) is 26.7 Å². The van der Waals surface area contributed by atoms with Crippen LogP contribution < -0.4 is 0 Å². The van der Waals surface area contributed by atoms with Gasteiger partial charge in [-0.25, -0.2) is 0 Å². The number of rotatable bonds is 4. The molecule has 0 aromatic heterocycles. The monoisotopic (exact) mass is 281 g/mol. The summed E-state index contributed by atoms with van der Waals surface area (Å²) in [5.41, 5.74) is 0.608. The molecule has 2 atom stereocenters. The molecule has 1 fully saturated rings. The molecule has 0 N–H and O–H groups in total. The maximum Gasteiger partial charge on any atom is 0.178 e. The van der Waals surface area contributed by atoms with Crippen LogP contribution in [0.2, 0.25) is 5.02 Å². The first-order valence-corrected chi connectivity index (χ1v) is 7.02. The zero-order valence-electron chi connectivity index (χ0n) is 11.4. The number of halogens is 1. The Hall–Kier alpha value is -0.900. The van der Waals surface area contributed by atoms with Crippen molar-refractivity contribution < 1.29 is 9.53 Å². The fourth-order valence-electron chi connectivity index (χ4n) is 2.52. The molecule has 104 valence electrons. The molecule has 2 unspecified atom stereocenters. The van der Waals surface area contributed by atoms with E-state index in [0.717, 1.165) is 19.5 Å². The molecular weight excluding hydrogens is 262 g/mol. The molecule has 4 heteroatoms. The summed E-state index contributed by atoms with van der Waals surface area (Å²) >= 11 is 6.05. The third-order valence-corrected chi connectivity index (χ3v) is 4.15. The van der Waals surface area contributed by atoms with Gasteiger partial charge in [0.05, 0.1) is 17.7 Å². The topological polar surface area (TPSA) is 29.5 Å². The molecule has 1 heterocycles. The van der Waals surface area contributed by atoms with Crippen LogP contribution in [0.15, 0.2) is 24.3 Å². The van der Waals surface area contributed by atoms with E-state index in [0.29, 0.717) is 23.0 Å². The molecule has 0 saturated carbocycles. The Bertz CT molecular complexity index is 450. The van der Waals surface area contributed by atoms with Crippen LogP contribution in [0.1, 0.15) is 23.7 Å². The van der Waals surface area contributed by atoms with Gasteiger partial charge in [0.1, 0.15) is 0 Å². The van der Waals surface area contributed by atoms with Gasteiger partial charge in [-0.1, -0.05) is 30.7 Å². The molecule has 19 heavy (non-hydrogen) atoms. The van der Waals surface area contributed by atoms with Crippen molar-refractivity contribution in [3.8, 4) is 0 Å². The Balaban J connectivity index is 1.98. The van der Waals surface area contributed by atoms with E-state index in [2.05, 4.69) is 11.8 Å². The van der Waals surface area contributed by atoms with Crippen molar-refractivity contribution in [1.82, 2.24) is 4.90 Å². The van der Waals surface area contributed by atoms with Gasteiger partial charge in [-0.2, -0.15) is 0 Å². The van der Waals surface area contributed by atoms with Gasteiger partial charge in [-0.3, -0.25) is 9.69 Å². The lowest BCUT2D eigenvalue weighted by Crippen LogP contribution is -2.45. The van der Waals surface area contributed by atoms with Gasteiger partial charge < -0.3 is 4.74 Å². The van der Waals surface area contributed by atoms with E-state index in [1.165, 1.54) is 0 Å². The molecule has 1 aromatic carbocycles. The summed E-state index contributed by atoms with van der Waals surface area (Å²) in [6.07, 6.45) is 1.28. The van der Waals surface area contributed by atoms with Crippen LogP contribution in [-0.2, 0) is 4.74 Å². The summed E-state index contributed by atoms with van der Waals surface area (Å²) in [4.78, 5) is 14.4. The number of methoxy groups -OCH3 is 1. The third kappa shape index (κ3) is 3.56. The predicted octanol–water partition coefficient (Wildman–Crippen LogP) is 2.88. The highest BCUT2D eigenvalue weighted by molar-refractivity contribution is 6.34. The lowest BCUT2D eigenvalue weighted by molar-refractivity contribution is -0.00324. The number of hydrogen-bond acceptors (Lipinski definition) is 3. The molecule has 1 saturated heterocycles. The number of nitrogens with zero attached hydrogens (tertiary/aromatic N) is 1. The Kier molecular flexibility index (Phi) is 4.97. The number of ether oxygens (including phenoxy) is 1. The maximum absolute atomic E-state index is 12.2. The summed E-state index contributed by atoms with van der Waals surface area (Å²) in [5, 5.41) is 0.529. The van der Waals surface area contributed by atoms with E-state index in [4.69, 9.17) is 16.3 Å². The number of Topliss-reactive ketones (excluding diaryl/α,β-unsaturated/α-hetero) is 1. The van der Waals surface area contributed by atoms with Crippen LogP contribution in [0.25, 0.3) is 0 Å². The number of likely N-dealkylation sites (tertiary alicyclic amines) is 1. The van der Waals surface area contributed by atoms with E-state index in [1.54, 1.807) is 19.2 Å². The molecule has 1 aliphatic heterocycles. The van der Waals surface area contributed by atoms with Gasteiger partial charge in [0.2, 0.25) is 0 Å². The van der Waals surface area contributed by atoms with E-state index in [1.807, 2.05) is 12.1 Å². The fourth-order valence-corrected chi connectivity index (χ4v) is 2.76. The highest BCUT2D eigenvalue weighted by atomic mass is 35.5. The minimum atomic E-state index is 0.0787. The van der Waals surface area contributed by atoms with Crippen molar-refractivity contribution in [3.63, 3.8) is 0 Å². The van der Waals surface area contributed by atoms with E-state index in [9.17, 15) is 4.79 Å². The average Bonchev–Trinajstić information content (AvgIpc) is 2.41. The van der Waals surface area contributed by atoms with Crippen LogP contribution in [-0.4, -0.2) is 43.5 Å². The first kappa shape index (κ1) is 14.5. The number of piperidine rings is 1. The lowest BCUT2D eigenvalue weighted by atomic mass is 9.95. The molecular formula is C15H20ClNO2. The van der Waals surface area contributed by atoms with Gasteiger partial charge in [-0.05, 0) is 31.0 Å². The Morgan fingerprint density at radius 3 is 2.89 bits per heavy atom. The normalized spacial score (nSPS) is 24.4. The van der Waals surface area contributed by atoms with Crippen LogP contribution in [0, 0.1) is 5.92 Å². The SMILES string of the molecule is COC1CN(CC(=O)c2ccccc2Cl)CCC1C. The second kappa shape index (κ2) is 6.51. The predicted molar refractivity (Wildman–Crippen MR) is 76.8 cm³/mol. The third-order valence-electron chi connectivity index (χ3n) is 3.82. The van der Waals surface area contributed by atoms with Crippen molar-refractivity contribution >= 4 is 17.4 Å². The molecule has 2 rings (SSSR count). The fraction of sp³-hybridized carbons (Fsp3) is 0.533. The molecule has 0 aliphatic carbocycles. The summed E-state index contributed by atoms with van der Waals surface area (Å²) in [6.45, 7) is 4.36. The van der Waals surface area contributed by atoms with Crippen molar-refractivity contribution in [1.29, 1.82) is 0 Å². The van der Waals surface area contributed by atoms with Crippen LogP contribution in [0.4, 0.5) is 0 Å². The molecule has 0 bridgehead atoms. The second-order valence-corrected chi connectivity index (χ2v) is 5.59. The van der Waals surface area contributed by atoms with Crippen molar-refractivity contribution in [2.45, 2.75) is 19.4 Å². The van der Waals surface area contributed by atoms with Gasteiger partial charge in [0.25, 0.3) is 0 Å². The lowest BCUT2D eigenvalue weighted by Gasteiger charge is -2.35. The standard InChI is InChI=1S/C15H20ClNO2/c1-11-7-8-17(10-15(11)19-2)9-14(18)12-5-3-4-6-13(12)16/h3-6,11,15H,7-10H2,1-2H3. The van der Waals surface area contributed by atoms with Gasteiger partial charge in [0.15, 0.2) is 5.78 Å². The Morgan fingerprint density at radius 1 is 1.47 bits per heavy atom. The quantitative estimate of drug-likeness (QED) is 0.795. The van der Waals surface area contributed by atoms with Gasteiger partial charge >= 0.3 is 0 Å². The minimum absolute atomic E-state index is 0.0787. The number of hydrogen-bond donors (Lipinski definition) is 0. The van der Waals surface area contributed by atoms with Crippen LogP contribution >= 0.6 is 11.6 Å². The minimum Gasteiger partial charge on any atom is -0.380 e. The van der Waals surface area contributed by atoms with Crippen LogP contribution in [0.3, 0.4) is 0 Å². The van der Waals surface area contributed by atoms with E-state index >= 15 is 0 Å². The van der Waals surface area contributed by atoms with Crippen molar-refractivity contribution in [3.05, 3.63) is 34.9 Å². The van der Waals surface area contributed by atoms with Crippen molar-refractivity contribution in [2.24, 2.45) is 5.92 Å². The second-order valence-electron chi connectivity index (χ2n) is 5.18. The highest BCUT2D eigenvalue weighted by Crippen LogP contribution is 2.21. The highest BCUT2D eigenvalue weighted by Gasteiger charge is 2.27. The number of benzene rings is 1. The number of carbonyl (C=O) groups is 1. The molecule has 0 radical (unpaired) electrons. The zero-order chi connectivity index (χ0) is 13.8. The smallest absolute Gasteiger partial charge is 0.178 e. The largest absolute Gasteiger partial charge is 0.380 e.